The Morgan fingerprint density at radius 2 is 1.70 bits per heavy atom. The molecule has 0 aromatic heterocycles. The molecule has 1 N–H and O–H groups in total. The lowest BCUT2D eigenvalue weighted by Gasteiger charge is -2.09. The molecule has 0 saturated heterocycles. The van der Waals surface area contributed by atoms with Crippen LogP contribution in [0.1, 0.15) is 22.3 Å². The predicted molar refractivity (Wildman–Crippen MR) is 94.3 cm³/mol. The van der Waals surface area contributed by atoms with Gasteiger partial charge in [-0.3, -0.25) is 4.79 Å². The number of carbonyl (C=O) groups is 1. The molecule has 1 amide bonds. The van der Waals surface area contributed by atoms with E-state index in [1.807, 2.05) is 39.0 Å². The molecule has 0 fully saturated rings. The van der Waals surface area contributed by atoms with Gasteiger partial charge >= 0.3 is 0 Å². The van der Waals surface area contributed by atoms with Crippen LogP contribution in [0, 0.1) is 32.1 Å². The topological polar surface area (TPSA) is 52.9 Å². The summed E-state index contributed by atoms with van der Waals surface area (Å²) in [4.78, 5) is 12.3. The van der Waals surface area contributed by atoms with Crippen molar-refractivity contribution in [1.29, 1.82) is 5.26 Å². The lowest BCUT2D eigenvalue weighted by molar-refractivity contribution is -0.112. The van der Waals surface area contributed by atoms with Crippen LogP contribution < -0.4 is 5.32 Å². The second kappa shape index (κ2) is 7.13. The number of nitriles is 1. The van der Waals surface area contributed by atoms with Gasteiger partial charge in [0.2, 0.25) is 0 Å². The van der Waals surface area contributed by atoms with Gasteiger partial charge in [0.15, 0.2) is 0 Å². The predicted octanol–water partition coefficient (Wildman–Crippen LogP) is 4.81. The third-order valence-electron chi connectivity index (χ3n) is 3.49. The number of anilines is 1. The summed E-state index contributed by atoms with van der Waals surface area (Å²) in [6.45, 7) is 5.96. The number of rotatable bonds is 3. The first kappa shape index (κ1) is 16.8. The van der Waals surface area contributed by atoms with E-state index in [-0.39, 0.29) is 5.57 Å². The van der Waals surface area contributed by atoms with Crippen molar-refractivity contribution in [1.82, 2.24) is 0 Å². The highest BCUT2D eigenvalue weighted by Crippen LogP contribution is 2.20. The third-order valence-corrected chi connectivity index (χ3v) is 3.75. The highest BCUT2D eigenvalue weighted by Gasteiger charge is 2.11. The molecule has 2 rings (SSSR count). The fraction of sp³-hybridized carbons (Fsp3) is 0.158. The number of hydrogen-bond donors (Lipinski definition) is 1. The standard InChI is InChI=1S/C19H17ClN2O/c1-12-8-13(2)18(14(3)9-12)10-15(11-21)19(23)22-17-6-4-16(20)5-7-17/h4-10H,1-3H3,(H,22,23)/b15-10-. The van der Waals surface area contributed by atoms with E-state index in [1.165, 1.54) is 0 Å². The van der Waals surface area contributed by atoms with Crippen LogP contribution in [0.2, 0.25) is 5.02 Å². The SMILES string of the molecule is Cc1cc(C)c(/C=C(/C#N)C(=O)Nc2ccc(Cl)cc2)c(C)c1. The zero-order valence-electron chi connectivity index (χ0n) is 13.3. The molecule has 0 aliphatic heterocycles. The molecule has 116 valence electrons. The van der Waals surface area contributed by atoms with Crippen LogP contribution in [0.4, 0.5) is 5.69 Å². The molecule has 0 heterocycles. The Morgan fingerprint density at radius 3 is 2.22 bits per heavy atom. The Bertz CT molecular complexity index is 791. The molecule has 0 atom stereocenters. The smallest absolute Gasteiger partial charge is 0.266 e. The zero-order chi connectivity index (χ0) is 17.0. The van der Waals surface area contributed by atoms with Gasteiger partial charge in [-0.2, -0.15) is 5.26 Å². The highest BCUT2D eigenvalue weighted by molar-refractivity contribution is 6.30. The van der Waals surface area contributed by atoms with Crippen LogP contribution in [0.3, 0.4) is 0 Å². The summed E-state index contributed by atoms with van der Waals surface area (Å²) in [6, 6.07) is 12.8. The molecule has 0 saturated carbocycles. The molecule has 0 unspecified atom stereocenters. The maximum atomic E-state index is 12.3. The maximum Gasteiger partial charge on any atom is 0.266 e. The molecule has 23 heavy (non-hydrogen) atoms. The maximum absolute atomic E-state index is 12.3. The molecule has 0 aliphatic carbocycles. The Labute approximate surface area is 141 Å². The summed E-state index contributed by atoms with van der Waals surface area (Å²) in [5.74, 6) is -0.436. The molecule has 2 aromatic carbocycles. The van der Waals surface area contributed by atoms with Crippen molar-refractivity contribution in [2.75, 3.05) is 5.32 Å². The molecule has 4 heteroatoms. The van der Waals surface area contributed by atoms with Gasteiger partial charge in [0.05, 0.1) is 0 Å². The number of benzene rings is 2. The van der Waals surface area contributed by atoms with Crippen molar-refractivity contribution < 1.29 is 4.79 Å². The second-order valence-electron chi connectivity index (χ2n) is 5.44. The quantitative estimate of drug-likeness (QED) is 0.650. The van der Waals surface area contributed by atoms with E-state index in [0.717, 1.165) is 22.3 Å². The summed E-state index contributed by atoms with van der Waals surface area (Å²) in [5.41, 5.74) is 4.79. The number of nitrogens with one attached hydrogen (secondary N) is 1. The monoisotopic (exact) mass is 324 g/mol. The van der Waals surface area contributed by atoms with Crippen LogP contribution in [0.25, 0.3) is 6.08 Å². The van der Waals surface area contributed by atoms with E-state index in [9.17, 15) is 10.1 Å². The second-order valence-corrected chi connectivity index (χ2v) is 5.88. The molecular formula is C19H17ClN2O. The summed E-state index contributed by atoms with van der Waals surface area (Å²) >= 11 is 5.82. The van der Waals surface area contributed by atoms with Crippen LogP contribution in [-0.2, 0) is 4.79 Å². The third kappa shape index (κ3) is 4.21. The van der Waals surface area contributed by atoms with E-state index < -0.39 is 5.91 Å². The van der Waals surface area contributed by atoms with Gasteiger partial charge in [-0.1, -0.05) is 29.3 Å². The largest absolute Gasteiger partial charge is 0.321 e. The minimum atomic E-state index is -0.436. The lowest BCUT2D eigenvalue weighted by Crippen LogP contribution is -2.13. The molecule has 3 nitrogen and oxygen atoms in total. The first-order valence-corrected chi connectivity index (χ1v) is 7.55. The van der Waals surface area contributed by atoms with E-state index >= 15 is 0 Å². The average Bonchev–Trinajstić information content (AvgIpc) is 2.49. The number of carbonyl (C=O) groups excluding carboxylic acids is 1. The molecular weight excluding hydrogens is 308 g/mol. The van der Waals surface area contributed by atoms with Crippen LogP contribution >= 0.6 is 11.6 Å². The van der Waals surface area contributed by atoms with Crippen molar-refractivity contribution in [3.05, 3.63) is 69.2 Å². The molecule has 0 aliphatic rings. The number of aryl methyl sites for hydroxylation is 3. The van der Waals surface area contributed by atoms with Gasteiger partial charge < -0.3 is 5.32 Å². The van der Waals surface area contributed by atoms with E-state index in [4.69, 9.17) is 11.6 Å². The number of halogens is 1. The fourth-order valence-electron chi connectivity index (χ4n) is 2.44. The van der Waals surface area contributed by atoms with Crippen LogP contribution in [0.15, 0.2) is 42.0 Å². The first-order valence-electron chi connectivity index (χ1n) is 7.17. The number of hydrogen-bond acceptors (Lipinski definition) is 2. The number of nitrogens with zero attached hydrogens (tertiary/aromatic N) is 1. The van der Waals surface area contributed by atoms with E-state index in [2.05, 4.69) is 5.32 Å². The van der Waals surface area contributed by atoms with Gasteiger partial charge in [-0.05, 0) is 67.8 Å². The van der Waals surface area contributed by atoms with Gasteiger partial charge in [-0.25, -0.2) is 0 Å². The normalized spacial score (nSPS) is 11.0. The van der Waals surface area contributed by atoms with Crippen molar-refractivity contribution in [2.24, 2.45) is 0 Å². The molecule has 0 bridgehead atoms. The Hall–Kier alpha value is -2.57. The Kier molecular flexibility index (Phi) is 5.20. The first-order chi connectivity index (χ1) is 10.9. The van der Waals surface area contributed by atoms with Crippen molar-refractivity contribution in [2.45, 2.75) is 20.8 Å². The zero-order valence-corrected chi connectivity index (χ0v) is 14.0. The summed E-state index contributed by atoms with van der Waals surface area (Å²) < 4.78 is 0. The molecule has 0 radical (unpaired) electrons. The van der Waals surface area contributed by atoms with Gasteiger partial charge in [0.1, 0.15) is 11.6 Å². The van der Waals surface area contributed by atoms with Crippen LogP contribution in [0.5, 0.6) is 0 Å². The van der Waals surface area contributed by atoms with Gasteiger partial charge in [0, 0.05) is 10.7 Å². The average molecular weight is 325 g/mol. The van der Waals surface area contributed by atoms with E-state index in [0.29, 0.717) is 10.7 Å². The minimum Gasteiger partial charge on any atom is -0.321 e. The van der Waals surface area contributed by atoms with Crippen molar-refractivity contribution in [3.8, 4) is 6.07 Å². The fourth-order valence-corrected chi connectivity index (χ4v) is 2.57. The van der Waals surface area contributed by atoms with Gasteiger partial charge in [-0.15, -0.1) is 0 Å². The Morgan fingerprint density at radius 1 is 1.13 bits per heavy atom. The summed E-state index contributed by atoms with van der Waals surface area (Å²) in [6.07, 6.45) is 1.63. The molecule has 2 aromatic rings. The van der Waals surface area contributed by atoms with Crippen molar-refractivity contribution >= 4 is 29.3 Å². The highest BCUT2D eigenvalue weighted by atomic mass is 35.5. The van der Waals surface area contributed by atoms with Crippen molar-refractivity contribution in [3.63, 3.8) is 0 Å². The lowest BCUT2D eigenvalue weighted by atomic mass is 9.98. The minimum absolute atomic E-state index is 0.0648. The summed E-state index contributed by atoms with van der Waals surface area (Å²) in [5, 5.41) is 12.6. The van der Waals surface area contributed by atoms with E-state index in [1.54, 1.807) is 30.3 Å². The van der Waals surface area contributed by atoms with Crippen LogP contribution in [-0.4, -0.2) is 5.91 Å². The molecule has 0 spiro atoms. The van der Waals surface area contributed by atoms with Gasteiger partial charge in [0.25, 0.3) is 5.91 Å². The number of amides is 1. The Balaban J connectivity index is 2.30. The summed E-state index contributed by atoms with van der Waals surface area (Å²) in [7, 11) is 0.